The van der Waals surface area contributed by atoms with Crippen LogP contribution in [0, 0.1) is 5.92 Å². The minimum atomic E-state index is 0.434. The predicted octanol–water partition coefficient (Wildman–Crippen LogP) is 2.42. The number of ether oxygens (including phenoxy) is 1. The van der Waals surface area contributed by atoms with E-state index in [0.29, 0.717) is 6.47 Å². The SMILES string of the molecule is CC1CCC=C(/C=C/OC=O)C1. The van der Waals surface area contributed by atoms with E-state index >= 15 is 0 Å². The fourth-order valence-corrected chi connectivity index (χ4v) is 1.44. The normalized spacial score (nSPS) is 23.8. The van der Waals surface area contributed by atoms with E-state index in [1.807, 2.05) is 6.08 Å². The third-order valence-electron chi connectivity index (χ3n) is 2.07. The Kier molecular flexibility index (Phi) is 3.58. The first kappa shape index (κ1) is 9.04. The molecule has 0 bridgehead atoms. The summed E-state index contributed by atoms with van der Waals surface area (Å²) in [6.45, 7) is 2.67. The molecule has 0 radical (unpaired) electrons. The van der Waals surface area contributed by atoms with Crippen LogP contribution >= 0.6 is 0 Å². The number of carbonyl (C=O) groups excluding carboxylic acids is 1. The molecule has 2 heteroatoms. The van der Waals surface area contributed by atoms with Gasteiger partial charge in [-0.3, -0.25) is 4.79 Å². The second-order valence-electron chi connectivity index (χ2n) is 3.20. The summed E-state index contributed by atoms with van der Waals surface area (Å²) in [6, 6.07) is 0. The van der Waals surface area contributed by atoms with E-state index in [2.05, 4.69) is 17.7 Å². The van der Waals surface area contributed by atoms with Gasteiger partial charge in [0.25, 0.3) is 6.47 Å². The molecular formula is C10H14O2. The van der Waals surface area contributed by atoms with E-state index in [1.165, 1.54) is 18.3 Å². The van der Waals surface area contributed by atoms with E-state index in [4.69, 9.17) is 0 Å². The lowest BCUT2D eigenvalue weighted by Gasteiger charge is -2.15. The minimum absolute atomic E-state index is 0.434. The van der Waals surface area contributed by atoms with Crippen LogP contribution in [0.2, 0.25) is 0 Å². The number of hydrogen-bond donors (Lipinski definition) is 0. The highest BCUT2D eigenvalue weighted by molar-refractivity contribution is 5.38. The smallest absolute Gasteiger partial charge is 0.297 e. The molecule has 0 spiro atoms. The maximum Gasteiger partial charge on any atom is 0.297 e. The summed E-state index contributed by atoms with van der Waals surface area (Å²) in [5.74, 6) is 0.755. The van der Waals surface area contributed by atoms with Crippen molar-refractivity contribution in [1.82, 2.24) is 0 Å². The molecule has 0 N–H and O–H groups in total. The summed E-state index contributed by atoms with van der Waals surface area (Å²) in [4.78, 5) is 9.82. The third kappa shape index (κ3) is 2.91. The fraction of sp³-hybridized carbons (Fsp3) is 0.500. The quantitative estimate of drug-likeness (QED) is 0.475. The van der Waals surface area contributed by atoms with Crippen molar-refractivity contribution in [3.63, 3.8) is 0 Å². The second-order valence-corrected chi connectivity index (χ2v) is 3.20. The molecule has 0 aromatic carbocycles. The summed E-state index contributed by atoms with van der Waals surface area (Å²) in [6.07, 6.45) is 9.01. The van der Waals surface area contributed by atoms with Crippen LogP contribution in [-0.4, -0.2) is 6.47 Å². The van der Waals surface area contributed by atoms with E-state index in [0.717, 1.165) is 18.8 Å². The number of allylic oxidation sites excluding steroid dienone is 3. The van der Waals surface area contributed by atoms with Crippen molar-refractivity contribution in [3.8, 4) is 0 Å². The van der Waals surface area contributed by atoms with Crippen molar-refractivity contribution in [2.24, 2.45) is 5.92 Å². The molecule has 1 aliphatic rings. The van der Waals surface area contributed by atoms with Crippen LogP contribution in [0.4, 0.5) is 0 Å². The van der Waals surface area contributed by atoms with Crippen LogP contribution in [0.25, 0.3) is 0 Å². The van der Waals surface area contributed by atoms with Crippen LogP contribution in [-0.2, 0) is 9.53 Å². The van der Waals surface area contributed by atoms with Gasteiger partial charge in [0, 0.05) is 0 Å². The highest BCUT2D eigenvalue weighted by Gasteiger charge is 2.08. The zero-order chi connectivity index (χ0) is 8.81. The van der Waals surface area contributed by atoms with Gasteiger partial charge in [0.05, 0.1) is 6.26 Å². The average Bonchev–Trinajstić information content (AvgIpc) is 2.05. The van der Waals surface area contributed by atoms with Gasteiger partial charge in [-0.25, -0.2) is 0 Å². The molecular weight excluding hydrogens is 152 g/mol. The summed E-state index contributed by atoms with van der Waals surface area (Å²) >= 11 is 0. The Balaban J connectivity index is 2.40. The van der Waals surface area contributed by atoms with Gasteiger partial charge in [0.15, 0.2) is 0 Å². The number of carbonyl (C=O) groups is 1. The summed E-state index contributed by atoms with van der Waals surface area (Å²) in [5, 5.41) is 0. The molecule has 0 amide bonds. The molecule has 2 nitrogen and oxygen atoms in total. The molecule has 0 saturated heterocycles. The van der Waals surface area contributed by atoms with Gasteiger partial charge in [-0.2, -0.15) is 0 Å². The van der Waals surface area contributed by atoms with Gasteiger partial charge >= 0.3 is 0 Å². The van der Waals surface area contributed by atoms with E-state index in [1.54, 1.807) is 0 Å². The summed E-state index contributed by atoms with van der Waals surface area (Å²) in [7, 11) is 0. The molecule has 1 aliphatic carbocycles. The van der Waals surface area contributed by atoms with Crippen molar-refractivity contribution in [3.05, 3.63) is 24.0 Å². The monoisotopic (exact) mass is 166 g/mol. The molecule has 0 aliphatic heterocycles. The second kappa shape index (κ2) is 4.75. The van der Waals surface area contributed by atoms with Crippen LogP contribution in [0.3, 0.4) is 0 Å². The summed E-state index contributed by atoms with van der Waals surface area (Å²) < 4.78 is 4.47. The van der Waals surface area contributed by atoms with Gasteiger partial charge in [0.2, 0.25) is 0 Å². The average molecular weight is 166 g/mol. The Morgan fingerprint density at radius 1 is 1.67 bits per heavy atom. The first-order valence-corrected chi connectivity index (χ1v) is 4.27. The van der Waals surface area contributed by atoms with Crippen LogP contribution < -0.4 is 0 Å². The van der Waals surface area contributed by atoms with E-state index in [-0.39, 0.29) is 0 Å². The number of hydrogen-bond acceptors (Lipinski definition) is 2. The van der Waals surface area contributed by atoms with Crippen molar-refractivity contribution in [2.45, 2.75) is 26.2 Å². The van der Waals surface area contributed by atoms with Crippen LogP contribution in [0.5, 0.6) is 0 Å². The van der Waals surface area contributed by atoms with Crippen molar-refractivity contribution >= 4 is 6.47 Å². The first-order valence-electron chi connectivity index (χ1n) is 4.27. The Morgan fingerprint density at radius 2 is 2.50 bits per heavy atom. The molecule has 12 heavy (non-hydrogen) atoms. The van der Waals surface area contributed by atoms with E-state index in [9.17, 15) is 4.79 Å². The van der Waals surface area contributed by atoms with E-state index < -0.39 is 0 Å². The maximum atomic E-state index is 9.82. The lowest BCUT2D eigenvalue weighted by molar-refractivity contribution is -0.123. The zero-order valence-corrected chi connectivity index (χ0v) is 7.32. The molecule has 0 fully saturated rings. The lowest BCUT2D eigenvalue weighted by atomic mass is 9.90. The highest BCUT2D eigenvalue weighted by atomic mass is 16.5. The molecule has 0 aromatic heterocycles. The molecule has 1 atom stereocenters. The van der Waals surface area contributed by atoms with Crippen LogP contribution in [0.1, 0.15) is 26.2 Å². The van der Waals surface area contributed by atoms with Crippen molar-refractivity contribution < 1.29 is 9.53 Å². The van der Waals surface area contributed by atoms with Gasteiger partial charge < -0.3 is 4.74 Å². The van der Waals surface area contributed by atoms with Crippen molar-refractivity contribution in [1.29, 1.82) is 0 Å². The lowest BCUT2D eigenvalue weighted by Crippen LogP contribution is -2.00. The predicted molar refractivity (Wildman–Crippen MR) is 47.4 cm³/mol. The molecule has 0 saturated carbocycles. The van der Waals surface area contributed by atoms with Crippen molar-refractivity contribution in [2.75, 3.05) is 0 Å². The van der Waals surface area contributed by atoms with Gasteiger partial charge in [-0.15, -0.1) is 0 Å². The Morgan fingerprint density at radius 3 is 3.17 bits per heavy atom. The molecule has 1 rings (SSSR count). The molecule has 1 unspecified atom stereocenters. The first-order chi connectivity index (χ1) is 5.83. The third-order valence-corrected chi connectivity index (χ3v) is 2.07. The minimum Gasteiger partial charge on any atom is -0.437 e. The highest BCUT2D eigenvalue weighted by Crippen LogP contribution is 2.23. The standard InChI is InChI=1S/C10H14O2/c1-9-3-2-4-10(7-9)5-6-12-8-11/h4-6,8-9H,2-3,7H2,1H3/b6-5+. The number of rotatable bonds is 3. The molecule has 0 aromatic rings. The van der Waals surface area contributed by atoms with Gasteiger partial charge in [0.1, 0.15) is 0 Å². The Labute approximate surface area is 72.9 Å². The van der Waals surface area contributed by atoms with Crippen LogP contribution in [0.15, 0.2) is 24.0 Å². The Bertz CT molecular complexity index is 204. The molecule has 0 heterocycles. The topological polar surface area (TPSA) is 26.3 Å². The Hall–Kier alpha value is -1.05. The maximum absolute atomic E-state index is 9.82. The van der Waals surface area contributed by atoms with Gasteiger partial charge in [-0.1, -0.05) is 13.0 Å². The fourth-order valence-electron chi connectivity index (χ4n) is 1.44. The summed E-state index contributed by atoms with van der Waals surface area (Å²) in [5.41, 5.74) is 1.27. The largest absolute Gasteiger partial charge is 0.437 e. The zero-order valence-electron chi connectivity index (χ0n) is 7.32. The molecule has 66 valence electrons. The van der Waals surface area contributed by atoms with Gasteiger partial charge in [-0.05, 0) is 36.8 Å².